The topological polar surface area (TPSA) is 74.6 Å². The lowest BCUT2D eigenvalue weighted by Crippen LogP contribution is -2.28. The minimum absolute atomic E-state index is 0.112. The highest BCUT2D eigenvalue weighted by molar-refractivity contribution is 7.86. The van der Waals surface area contributed by atoms with Gasteiger partial charge in [0.1, 0.15) is 0 Å². The first-order valence-electron chi connectivity index (χ1n) is 7.19. The van der Waals surface area contributed by atoms with Crippen LogP contribution in [0, 0.1) is 11.8 Å². The van der Waals surface area contributed by atoms with Gasteiger partial charge >= 0.3 is 0 Å². The lowest BCUT2D eigenvalue weighted by atomic mass is 9.87. The minimum Gasteiger partial charge on any atom is -0.389 e. The maximum atomic E-state index is 11.2. The van der Waals surface area contributed by atoms with Crippen molar-refractivity contribution < 1.29 is 18.1 Å². The van der Waals surface area contributed by atoms with Gasteiger partial charge in [0.25, 0.3) is 10.1 Å². The highest BCUT2D eigenvalue weighted by Gasteiger charge is 2.41. The normalized spacial score (nSPS) is 31.3. The van der Waals surface area contributed by atoms with Gasteiger partial charge in [0.15, 0.2) is 0 Å². The molecule has 4 nitrogen and oxygen atoms in total. The lowest BCUT2D eigenvalue weighted by Gasteiger charge is -2.25. The zero-order valence-corrected chi connectivity index (χ0v) is 13.2. The smallest absolute Gasteiger partial charge is 0.268 e. The van der Waals surface area contributed by atoms with Crippen molar-refractivity contribution in [3.8, 4) is 0 Å². The van der Waals surface area contributed by atoms with Crippen molar-refractivity contribution in [3.63, 3.8) is 0 Å². The van der Waals surface area contributed by atoms with Crippen LogP contribution < -0.4 is 0 Å². The van der Waals surface area contributed by atoms with E-state index >= 15 is 0 Å². The van der Waals surface area contributed by atoms with Gasteiger partial charge in [0.2, 0.25) is 0 Å². The molecule has 0 heterocycles. The van der Waals surface area contributed by atoms with Gasteiger partial charge < -0.3 is 5.11 Å². The van der Waals surface area contributed by atoms with Gasteiger partial charge in [0.05, 0.1) is 11.4 Å². The van der Waals surface area contributed by atoms with Gasteiger partial charge in [-0.2, -0.15) is 8.42 Å². The predicted octanol–water partition coefficient (Wildman–Crippen LogP) is 2.71. The van der Waals surface area contributed by atoms with E-state index in [9.17, 15) is 13.5 Å². The van der Waals surface area contributed by atoms with Crippen LogP contribution in [-0.2, 0) is 10.1 Å². The SMILES string of the molecule is CC(C)C1=C[C@H]2C(=C(CS(=O)(=O)O)CC1)CC[C@]2(C)O. The molecule has 2 N–H and O–H groups in total. The number of rotatable bonds is 3. The molecular formula is C15H24O4S. The molecular weight excluding hydrogens is 276 g/mol. The molecule has 2 aliphatic carbocycles. The molecule has 0 aromatic carbocycles. The van der Waals surface area contributed by atoms with Crippen LogP contribution in [0.1, 0.15) is 46.5 Å². The molecule has 114 valence electrons. The first-order valence-corrected chi connectivity index (χ1v) is 8.80. The molecule has 0 spiro atoms. The highest BCUT2D eigenvalue weighted by atomic mass is 32.2. The fourth-order valence-corrected chi connectivity index (χ4v) is 4.14. The van der Waals surface area contributed by atoms with Crippen molar-refractivity contribution in [2.45, 2.75) is 52.1 Å². The Balaban J connectivity index is 2.43. The fraction of sp³-hybridized carbons (Fsp3) is 0.733. The Labute approximate surface area is 121 Å². The third-order valence-corrected chi connectivity index (χ3v) is 5.31. The minimum atomic E-state index is -4.02. The molecule has 0 bridgehead atoms. The summed E-state index contributed by atoms with van der Waals surface area (Å²) in [5, 5.41) is 10.5. The summed E-state index contributed by atoms with van der Waals surface area (Å²) in [4.78, 5) is 0. The van der Waals surface area contributed by atoms with Gasteiger partial charge in [-0.15, -0.1) is 0 Å². The summed E-state index contributed by atoms with van der Waals surface area (Å²) in [5.74, 6) is -0.0226. The molecule has 0 amide bonds. The molecule has 0 aliphatic heterocycles. The molecule has 5 heteroatoms. The van der Waals surface area contributed by atoms with E-state index in [0.29, 0.717) is 25.2 Å². The largest absolute Gasteiger partial charge is 0.389 e. The molecule has 2 aliphatic rings. The molecule has 1 saturated carbocycles. The molecule has 2 rings (SSSR count). The maximum Gasteiger partial charge on any atom is 0.268 e. The summed E-state index contributed by atoms with van der Waals surface area (Å²) in [7, 11) is -4.02. The van der Waals surface area contributed by atoms with Crippen LogP contribution in [0.2, 0.25) is 0 Å². The highest BCUT2D eigenvalue weighted by Crippen LogP contribution is 2.46. The van der Waals surface area contributed by atoms with E-state index in [0.717, 1.165) is 17.6 Å². The summed E-state index contributed by atoms with van der Waals surface area (Å²) in [6.07, 6.45) is 4.95. The van der Waals surface area contributed by atoms with Gasteiger partial charge in [-0.3, -0.25) is 4.55 Å². The van der Waals surface area contributed by atoms with Crippen LogP contribution in [0.4, 0.5) is 0 Å². The maximum absolute atomic E-state index is 11.2. The zero-order chi connectivity index (χ0) is 15.1. The second kappa shape index (κ2) is 5.28. The Morgan fingerprint density at radius 1 is 1.35 bits per heavy atom. The third kappa shape index (κ3) is 3.32. The van der Waals surface area contributed by atoms with Gasteiger partial charge in [-0.05, 0) is 38.5 Å². The van der Waals surface area contributed by atoms with E-state index in [1.165, 1.54) is 5.57 Å². The number of fused-ring (bicyclic) bond motifs is 1. The number of aliphatic hydroxyl groups is 1. The quantitative estimate of drug-likeness (QED) is 0.621. The molecule has 0 unspecified atom stereocenters. The molecule has 20 heavy (non-hydrogen) atoms. The van der Waals surface area contributed by atoms with Crippen molar-refractivity contribution in [2.75, 3.05) is 5.75 Å². The van der Waals surface area contributed by atoms with E-state index in [2.05, 4.69) is 19.9 Å². The Morgan fingerprint density at radius 3 is 2.55 bits per heavy atom. The Hall–Kier alpha value is -0.650. The van der Waals surface area contributed by atoms with E-state index in [-0.39, 0.29) is 11.7 Å². The number of allylic oxidation sites excluding steroid dienone is 1. The predicted molar refractivity (Wildman–Crippen MR) is 78.9 cm³/mol. The average Bonchev–Trinajstić information content (AvgIpc) is 2.46. The average molecular weight is 300 g/mol. The molecule has 0 aromatic heterocycles. The van der Waals surface area contributed by atoms with Crippen LogP contribution in [0.25, 0.3) is 0 Å². The zero-order valence-electron chi connectivity index (χ0n) is 12.4. The first kappa shape index (κ1) is 15.7. The Kier molecular flexibility index (Phi) is 4.15. The van der Waals surface area contributed by atoms with Crippen molar-refractivity contribution in [1.82, 2.24) is 0 Å². The van der Waals surface area contributed by atoms with Crippen molar-refractivity contribution in [3.05, 3.63) is 22.8 Å². The molecule has 1 fully saturated rings. The van der Waals surface area contributed by atoms with Crippen molar-refractivity contribution in [2.24, 2.45) is 11.8 Å². The molecule has 2 atom stereocenters. The van der Waals surface area contributed by atoms with Crippen LogP contribution in [-0.4, -0.2) is 29.4 Å². The van der Waals surface area contributed by atoms with Crippen LogP contribution in [0.15, 0.2) is 22.8 Å². The summed E-state index contributed by atoms with van der Waals surface area (Å²) in [6, 6.07) is 0. The second-order valence-corrected chi connectivity index (χ2v) is 8.04. The second-order valence-electron chi connectivity index (χ2n) is 6.59. The van der Waals surface area contributed by atoms with Gasteiger partial charge in [-0.1, -0.05) is 36.6 Å². The third-order valence-electron chi connectivity index (χ3n) is 4.59. The van der Waals surface area contributed by atoms with Gasteiger partial charge in [-0.25, -0.2) is 0 Å². The summed E-state index contributed by atoms with van der Waals surface area (Å²) < 4.78 is 31.6. The first-order chi connectivity index (χ1) is 9.10. The molecule has 0 aromatic rings. The van der Waals surface area contributed by atoms with Crippen molar-refractivity contribution >= 4 is 10.1 Å². The Morgan fingerprint density at radius 2 is 2.00 bits per heavy atom. The number of hydrogen-bond donors (Lipinski definition) is 2. The number of hydrogen-bond acceptors (Lipinski definition) is 3. The van der Waals surface area contributed by atoms with E-state index in [1.54, 1.807) is 0 Å². The van der Waals surface area contributed by atoms with E-state index in [1.807, 2.05) is 6.92 Å². The van der Waals surface area contributed by atoms with Crippen LogP contribution >= 0.6 is 0 Å². The molecule has 0 saturated heterocycles. The summed E-state index contributed by atoms with van der Waals surface area (Å²) in [5.41, 5.74) is 2.26. The van der Waals surface area contributed by atoms with E-state index in [4.69, 9.17) is 4.55 Å². The fourth-order valence-electron chi connectivity index (χ4n) is 3.37. The standard InChI is InChI=1S/C15H24O4S/c1-10(2)11-4-5-12(9-20(17,18)19)13-6-7-15(3,16)14(13)8-11/h8,10,14,16H,4-7,9H2,1-3H3,(H,17,18,19)/t14-,15-/m0/s1. The van der Waals surface area contributed by atoms with Crippen molar-refractivity contribution in [1.29, 1.82) is 0 Å². The van der Waals surface area contributed by atoms with E-state index < -0.39 is 15.7 Å². The van der Waals surface area contributed by atoms with Crippen LogP contribution in [0.5, 0.6) is 0 Å². The monoisotopic (exact) mass is 300 g/mol. The summed E-state index contributed by atoms with van der Waals surface area (Å²) in [6.45, 7) is 6.04. The lowest BCUT2D eigenvalue weighted by molar-refractivity contribution is 0.0442. The molecule has 0 radical (unpaired) electrons. The summed E-state index contributed by atoms with van der Waals surface area (Å²) >= 11 is 0. The van der Waals surface area contributed by atoms with Gasteiger partial charge in [0, 0.05) is 5.92 Å². The Bertz CT molecular complexity index is 552. The van der Waals surface area contributed by atoms with Crippen LogP contribution in [0.3, 0.4) is 0 Å².